The van der Waals surface area contributed by atoms with Gasteiger partial charge in [0.05, 0.1) is 5.56 Å². The molecule has 1 aromatic rings. The zero-order chi connectivity index (χ0) is 12.3. The van der Waals surface area contributed by atoms with Crippen molar-refractivity contribution in [3.05, 3.63) is 23.8 Å². The van der Waals surface area contributed by atoms with Gasteiger partial charge < -0.3 is 10.6 Å². The van der Waals surface area contributed by atoms with Crippen LogP contribution < -0.4 is 5.73 Å². The molecular weight excluding hydrogens is 232 g/mol. The first kappa shape index (κ1) is 12.3. The predicted octanol–water partition coefficient (Wildman–Crippen LogP) is 2.62. The zero-order valence-electron chi connectivity index (χ0n) is 10.1. The Hall–Kier alpha value is -1.16. The van der Waals surface area contributed by atoms with E-state index in [2.05, 4.69) is 0 Å². The molecule has 0 bridgehead atoms. The molecule has 2 rings (SSSR count). The number of piperidine rings is 1. The molecule has 0 aliphatic carbocycles. The number of nitrogens with two attached hydrogens (primary N) is 1. The summed E-state index contributed by atoms with van der Waals surface area (Å²) in [6.07, 6.45) is 5.44. The van der Waals surface area contributed by atoms with E-state index in [-0.39, 0.29) is 5.91 Å². The molecule has 1 fully saturated rings. The highest BCUT2D eigenvalue weighted by atomic mass is 32.2. The number of carbonyl (C=O) groups is 1. The van der Waals surface area contributed by atoms with Crippen LogP contribution in [0.15, 0.2) is 23.1 Å². The molecular formula is C13H18N2OS. The average Bonchev–Trinajstić information content (AvgIpc) is 2.39. The van der Waals surface area contributed by atoms with Crippen LogP contribution in [0.2, 0.25) is 0 Å². The first-order valence-electron chi connectivity index (χ1n) is 5.95. The van der Waals surface area contributed by atoms with Crippen molar-refractivity contribution in [1.82, 2.24) is 4.90 Å². The third-order valence-corrected chi connectivity index (χ3v) is 3.86. The second-order valence-electron chi connectivity index (χ2n) is 4.31. The third kappa shape index (κ3) is 2.75. The lowest BCUT2D eigenvalue weighted by Crippen LogP contribution is -2.35. The molecule has 1 heterocycles. The Bertz CT molecular complexity index is 414. The monoisotopic (exact) mass is 250 g/mol. The number of nitrogens with zero attached hydrogens (tertiary/aromatic N) is 1. The Morgan fingerprint density at radius 3 is 2.59 bits per heavy atom. The van der Waals surface area contributed by atoms with Crippen molar-refractivity contribution in [2.75, 3.05) is 25.1 Å². The van der Waals surface area contributed by atoms with Crippen molar-refractivity contribution >= 4 is 23.4 Å². The minimum atomic E-state index is 0.0786. The Morgan fingerprint density at radius 1 is 1.29 bits per heavy atom. The normalized spacial score (nSPS) is 15.9. The van der Waals surface area contributed by atoms with Gasteiger partial charge >= 0.3 is 0 Å². The third-order valence-electron chi connectivity index (χ3n) is 3.13. The quantitative estimate of drug-likeness (QED) is 0.648. The summed E-state index contributed by atoms with van der Waals surface area (Å²) < 4.78 is 0. The van der Waals surface area contributed by atoms with Gasteiger partial charge in [0.25, 0.3) is 5.91 Å². The molecule has 1 amide bonds. The van der Waals surface area contributed by atoms with Gasteiger partial charge in [0, 0.05) is 23.7 Å². The topological polar surface area (TPSA) is 46.3 Å². The van der Waals surface area contributed by atoms with Crippen LogP contribution in [-0.4, -0.2) is 30.2 Å². The van der Waals surface area contributed by atoms with Gasteiger partial charge in [-0.1, -0.05) is 0 Å². The van der Waals surface area contributed by atoms with E-state index in [9.17, 15) is 4.79 Å². The van der Waals surface area contributed by atoms with Crippen LogP contribution in [0.3, 0.4) is 0 Å². The van der Waals surface area contributed by atoms with Gasteiger partial charge in [-0.25, -0.2) is 0 Å². The van der Waals surface area contributed by atoms with E-state index in [4.69, 9.17) is 5.73 Å². The maximum absolute atomic E-state index is 12.3. The molecule has 92 valence electrons. The number of likely N-dealkylation sites (tertiary alicyclic amines) is 1. The van der Waals surface area contributed by atoms with Crippen LogP contribution >= 0.6 is 11.8 Å². The number of benzene rings is 1. The Balaban J connectivity index is 2.18. The lowest BCUT2D eigenvalue weighted by Gasteiger charge is -2.27. The second kappa shape index (κ2) is 5.45. The van der Waals surface area contributed by atoms with Crippen molar-refractivity contribution < 1.29 is 4.79 Å². The number of nitrogen functional groups attached to an aromatic ring is 1. The zero-order valence-corrected chi connectivity index (χ0v) is 10.9. The first-order chi connectivity index (χ1) is 8.22. The van der Waals surface area contributed by atoms with Gasteiger partial charge in [-0.3, -0.25) is 4.79 Å². The Labute approximate surface area is 106 Å². The first-order valence-corrected chi connectivity index (χ1v) is 7.17. The van der Waals surface area contributed by atoms with Crippen molar-refractivity contribution in [3.8, 4) is 0 Å². The van der Waals surface area contributed by atoms with Gasteiger partial charge in [-0.05, 0) is 43.7 Å². The molecule has 1 saturated heterocycles. The maximum atomic E-state index is 12.3. The molecule has 4 heteroatoms. The second-order valence-corrected chi connectivity index (χ2v) is 5.19. The van der Waals surface area contributed by atoms with E-state index in [0.717, 1.165) is 30.8 Å². The van der Waals surface area contributed by atoms with Gasteiger partial charge in [-0.2, -0.15) is 0 Å². The molecule has 0 saturated carbocycles. The molecule has 0 aromatic heterocycles. The highest BCUT2D eigenvalue weighted by Crippen LogP contribution is 2.23. The van der Waals surface area contributed by atoms with E-state index >= 15 is 0 Å². The van der Waals surface area contributed by atoms with Gasteiger partial charge in [0.15, 0.2) is 0 Å². The van der Waals surface area contributed by atoms with Crippen LogP contribution in [0.4, 0.5) is 5.69 Å². The fraction of sp³-hybridized carbons (Fsp3) is 0.462. The number of anilines is 1. The highest BCUT2D eigenvalue weighted by molar-refractivity contribution is 7.98. The van der Waals surface area contributed by atoms with Crippen molar-refractivity contribution in [2.24, 2.45) is 0 Å². The molecule has 1 aliphatic rings. The molecule has 3 nitrogen and oxygen atoms in total. The molecule has 1 aromatic carbocycles. The van der Waals surface area contributed by atoms with Gasteiger partial charge in [0.2, 0.25) is 0 Å². The standard InChI is InChI=1S/C13H18N2OS/c1-17-10-5-6-11(12(14)9-10)13(16)15-7-3-2-4-8-15/h5-6,9H,2-4,7-8,14H2,1H3. The summed E-state index contributed by atoms with van der Waals surface area (Å²) in [7, 11) is 0. The summed E-state index contributed by atoms with van der Waals surface area (Å²) in [6, 6.07) is 5.68. The van der Waals surface area contributed by atoms with Crippen LogP contribution in [0, 0.1) is 0 Å². The number of hydrogen-bond donors (Lipinski definition) is 1. The minimum absolute atomic E-state index is 0.0786. The summed E-state index contributed by atoms with van der Waals surface area (Å²) in [6.45, 7) is 1.73. The molecule has 0 atom stereocenters. The summed E-state index contributed by atoms with van der Waals surface area (Å²) in [5.41, 5.74) is 7.18. The lowest BCUT2D eigenvalue weighted by molar-refractivity contribution is 0.0725. The number of hydrogen-bond acceptors (Lipinski definition) is 3. The SMILES string of the molecule is CSc1ccc(C(=O)N2CCCCC2)c(N)c1. The number of amides is 1. The van der Waals surface area contributed by atoms with Crippen LogP contribution in [-0.2, 0) is 0 Å². The minimum Gasteiger partial charge on any atom is -0.398 e. The molecule has 1 aliphatic heterocycles. The smallest absolute Gasteiger partial charge is 0.255 e. The van der Waals surface area contributed by atoms with Crippen molar-refractivity contribution in [2.45, 2.75) is 24.2 Å². The Kier molecular flexibility index (Phi) is 3.94. The molecule has 0 unspecified atom stereocenters. The largest absolute Gasteiger partial charge is 0.398 e. The summed E-state index contributed by atoms with van der Waals surface area (Å²) in [5, 5.41) is 0. The van der Waals surface area contributed by atoms with Crippen molar-refractivity contribution in [3.63, 3.8) is 0 Å². The van der Waals surface area contributed by atoms with Gasteiger partial charge in [0.1, 0.15) is 0 Å². The summed E-state index contributed by atoms with van der Waals surface area (Å²) >= 11 is 1.63. The molecule has 17 heavy (non-hydrogen) atoms. The van der Waals surface area contributed by atoms with E-state index in [1.165, 1.54) is 6.42 Å². The summed E-state index contributed by atoms with van der Waals surface area (Å²) in [4.78, 5) is 15.3. The number of rotatable bonds is 2. The highest BCUT2D eigenvalue weighted by Gasteiger charge is 2.19. The average molecular weight is 250 g/mol. The van der Waals surface area contributed by atoms with Gasteiger partial charge in [-0.15, -0.1) is 11.8 Å². The maximum Gasteiger partial charge on any atom is 0.255 e. The molecule has 2 N–H and O–H groups in total. The number of carbonyl (C=O) groups excluding carboxylic acids is 1. The van der Waals surface area contributed by atoms with E-state index < -0.39 is 0 Å². The fourth-order valence-corrected chi connectivity index (χ4v) is 2.58. The van der Waals surface area contributed by atoms with E-state index in [1.807, 2.05) is 29.4 Å². The predicted molar refractivity (Wildman–Crippen MR) is 72.4 cm³/mol. The summed E-state index contributed by atoms with van der Waals surface area (Å²) in [5.74, 6) is 0.0786. The van der Waals surface area contributed by atoms with E-state index in [0.29, 0.717) is 11.3 Å². The van der Waals surface area contributed by atoms with Crippen molar-refractivity contribution in [1.29, 1.82) is 0 Å². The number of thioether (sulfide) groups is 1. The van der Waals surface area contributed by atoms with Crippen LogP contribution in [0.1, 0.15) is 29.6 Å². The molecule has 0 radical (unpaired) electrons. The lowest BCUT2D eigenvalue weighted by atomic mass is 10.1. The Morgan fingerprint density at radius 2 is 2.00 bits per heavy atom. The van der Waals surface area contributed by atoms with E-state index in [1.54, 1.807) is 11.8 Å². The van der Waals surface area contributed by atoms with Crippen LogP contribution in [0.25, 0.3) is 0 Å². The fourth-order valence-electron chi connectivity index (χ4n) is 2.13. The van der Waals surface area contributed by atoms with Crippen LogP contribution in [0.5, 0.6) is 0 Å². The molecule has 0 spiro atoms.